The molecule has 0 aliphatic rings. The molecule has 1 rings (SSSR count). The molecule has 0 bridgehead atoms. The molecule has 5 heteroatoms. The molecular formula is C12H15NO3S. The van der Waals surface area contributed by atoms with Gasteiger partial charge in [0.05, 0.1) is 6.54 Å². The molecule has 0 aromatic carbocycles. The number of carboxylic acid groups (broad SMARTS) is 1. The quantitative estimate of drug-likeness (QED) is 0.764. The molecular weight excluding hydrogens is 238 g/mol. The van der Waals surface area contributed by atoms with E-state index in [2.05, 4.69) is 5.32 Å². The SMILES string of the molecule is CCCC(=O)NCc1sccc1/C=C/C(=O)O. The number of rotatable bonds is 6. The van der Waals surface area contributed by atoms with Crippen molar-refractivity contribution in [1.82, 2.24) is 5.32 Å². The van der Waals surface area contributed by atoms with Crippen LogP contribution in [0.4, 0.5) is 0 Å². The standard InChI is InChI=1S/C12H15NO3S/c1-2-3-11(14)13-8-10-9(6-7-17-10)4-5-12(15)16/h4-7H,2-3,8H2,1H3,(H,13,14)(H,15,16)/b5-4+. The van der Waals surface area contributed by atoms with Gasteiger partial charge in [0.25, 0.3) is 0 Å². The van der Waals surface area contributed by atoms with Crippen LogP contribution >= 0.6 is 11.3 Å². The predicted molar refractivity (Wildman–Crippen MR) is 67.7 cm³/mol. The van der Waals surface area contributed by atoms with E-state index in [0.717, 1.165) is 22.9 Å². The molecule has 1 amide bonds. The lowest BCUT2D eigenvalue weighted by molar-refractivity contribution is -0.131. The molecule has 1 heterocycles. The van der Waals surface area contributed by atoms with Gasteiger partial charge in [-0.15, -0.1) is 11.3 Å². The second-order valence-corrected chi connectivity index (χ2v) is 4.50. The number of amides is 1. The maximum absolute atomic E-state index is 11.3. The van der Waals surface area contributed by atoms with Gasteiger partial charge in [-0.05, 0) is 29.5 Å². The molecule has 0 aliphatic carbocycles. The third kappa shape index (κ3) is 4.82. The van der Waals surface area contributed by atoms with Crippen molar-refractivity contribution in [2.24, 2.45) is 0 Å². The van der Waals surface area contributed by atoms with E-state index in [9.17, 15) is 9.59 Å². The number of carboxylic acids is 1. The van der Waals surface area contributed by atoms with Crippen molar-refractivity contribution >= 4 is 29.3 Å². The van der Waals surface area contributed by atoms with E-state index >= 15 is 0 Å². The Labute approximate surface area is 104 Å². The first-order valence-corrected chi connectivity index (χ1v) is 6.25. The van der Waals surface area contributed by atoms with Crippen molar-refractivity contribution in [3.8, 4) is 0 Å². The molecule has 0 aliphatic heterocycles. The van der Waals surface area contributed by atoms with E-state index in [4.69, 9.17) is 5.11 Å². The van der Waals surface area contributed by atoms with Crippen molar-refractivity contribution in [1.29, 1.82) is 0 Å². The summed E-state index contributed by atoms with van der Waals surface area (Å²) in [5.74, 6) is -0.953. The second-order valence-electron chi connectivity index (χ2n) is 3.50. The summed E-state index contributed by atoms with van der Waals surface area (Å²) in [5.41, 5.74) is 0.842. The molecule has 92 valence electrons. The number of hydrogen-bond acceptors (Lipinski definition) is 3. The fourth-order valence-corrected chi connectivity index (χ4v) is 2.10. The highest BCUT2D eigenvalue weighted by atomic mass is 32.1. The Morgan fingerprint density at radius 2 is 2.29 bits per heavy atom. The number of hydrogen-bond donors (Lipinski definition) is 2. The predicted octanol–water partition coefficient (Wildman–Crippen LogP) is 2.26. The van der Waals surface area contributed by atoms with E-state index < -0.39 is 5.97 Å². The number of thiophene rings is 1. The molecule has 4 nitrogen and oxygen atoms in total. The highest BCUT2D eigenvalue weighted by molar-refractivity contribution is 7.10. The van der Waals surface area contributed by atoms with Gasteiger partial charge in [0.15, 0.2) is 0 Å². The first-order chi connectivity index (χ1) is 8.13. The van der Waals surface area contributed by atoms with Crippen LogP contribution in [0, 0.1) is 0 Å². The van der Waals surface area contributed by atoms with Gasteiger partial charge in [-0.25, -0.2) is 4.79 Å². The van der Waals surface area contributed by atoms with E-state index in [1.807, 2.05) is 18.4 Å². The first-order valence-electron chi connectivity index (χ1n) is 5.37. The number of aliphatic carboxylic acids is 1. The molecule has 0 fully saturated rings. The van der Waals surface area contributed by atoms with Gasteiger partial charge in [-0.3, -0.25) is 4.79 Å². The zero-order chi connectivity index (χ0) is 12.7. The fraction of sp³-hybridized carbons (Fsp3) is 0.333. The van der Waals surface area contributed by atoms with E-state index in [-0.39, 0.29) is 5.91 Å². The average Bonchev–Trinajstić information content (AvgIpc) is 2.71. The maximum Gasteiger partial charge on any atom is 0.328 e. The first kappa shape index (κ1) is 13.4. The Balaban J connectivity index is 2.57. The van der Waals surface area contributed by atoms with Crippen LogP contribution in [0.15, 0.2) is 17.5 Å². The van der Waals surface area contributed by atoms with Crippen molar-refractivity contribution < 1.29 is 14.7 Å². The van der Waals surface area contributed by atoms with Crippen LogP contribution in [0.2, 0.25) is 0 Å². The van der Waals surface area contributed by atoms with Gasteiger partial charge in [-0.1, -0.05) is 6.92 Å². The molecule has 0 atom stereocenters. The average molecular weight is 253 g/mol. The summed E-state index contributed by atoms with van der Waals surface area (Å²) in [6.07, 6.45) is 3.98. The van der Waals surface area contributed by atoms with Crippen molar-refractivity contribution in [3.05, 3.63) is 28.0 Å². The monoisotopic (exact) mass is 253 g/mol. The van der Waals surface area contributed by atoms with E-state index in [1.165, 1.54) is 11.3 Å². The number of carbonyl (C=O) groups excluding carboxylic acids is 1. The number of carbonyl (C=O) groups is 2. The smallest absolute Gasteiger partial charge is 0.328 e. The summed E-state index contributed by atoms with van der Waals surface area (Å²) in [4.78, 5) is 22.7. The summed E-state index contributed by atoms with van der Waals surface area (Å²) in [5, 5.41) is 13.2. The van der Waals surface area contributed by atoms with Crippen LogP contribution in [0.5, 0.6) is 0 Å². The lowest BCUT2D eigenvalue weighted by atomic mass is 10.2. The molecule has 0 saturated heterocycles. The Morgan fingerprint density at radius 3 is 2.94 bits per heavy atom. The van der Waals surface area contributed by atoms with Crippen molar-refractivity contribution in [2.45, 2.75) is 26.3 Å². The van der Waals surface area contributed by atoms with Crippen LogP contribution < -0.4 is 5.32 Å². The Bertz CT molecular complexity index is 423. The number of nitrogens with one attached hydrogen (secondary N) is 1. The van der Waals surface area contributed by atoms with Gasteiger partial charge >= 0.3 is 5.97 Å². The van der Waals surface area contributed by atoms with Crippen molar-refractivity contribution in [3.63, 3.8) is 0 Å². The minimum atomic E-state index is -0.975. The third-order valence-corrected chi connectivity index (χ3v) is 3.05. The van der Waals surface area contributed by atoms with Crippen LogP contribution in [0.3, 0.4) is 0 Å². The molecule has 0 saturated carbocycles. The highest BCUT2D eigenvalue weighted by Crippen LogP contribution is 2.18. The van der Waals surface area contributed by atoms with Gasteiger partial charge in [0.1, 0.15) is 0 Å². The molecule has 0 radical (unpaired) electrons. The van der Waals surface area contributed by atoms with Gasteiger partial charge in [0.2, 0.25) is 5.91 Å². The summed E-state index contributed by atoms with van der Waals surface area (Å²) < 4.78 is 0. The van der Waals surface area contributed by atoms with Crippen LogP contribution in [-0.4, -0.2) is 17.0 Å². The molecule has 2 N–H and O–H groups in total. The minimum absolute atomic E-state index is 0.0223. The molecule has 0 spiro atoms. The lowest BCUT2D eigenvalue weighted by Gasteiger charge is -2.03. The fourth-order valence-electron chi connectivity index (χ4n) is 1.30. The molecule has 1 aromatic rings. The van der Waals surface area contributed by atoms with Crippen molar-refractivity contribution in [2.75, 3.05) is 0 Å². The summed E-state index contributed by atoms with van der Waals surface area (Å²) in [6, 6.07) is 1.84. The van der Waals surface area contributed by atoms with E-state index in [0.29, 0.717) is 13.0 Å². The zero-order valence-corrected chi connectivity index (χ0v) is 10.4. The normalized spacial score (nSPS) is 10.6. The van der Waals surface area contributed by atoms with Gasteiger partial charge < -0.3 is 10.4 Å². The van der Waals surface area contributed by atoms with Crippen LogP contribution in [0.1, 0.15) is 30.2 Å². The molecule has 0 unspecified atom stereocenters. The molecule has 1 aromatic heterocycles. The van der Waals surface area contributed by atoms with Crippen LogP contribution in [-0.2, 0) is 16.1 Å². The summed E-state index contributed by atoms with van der Waals surface area (Å²) in [6.45, 7) is 2.40. The van der Waals surface area contributed by atoms with Crippen LogP contribution in [0.25, 0.3) is 6.08 Å². The Kier molecular flexibility index (Phi) is 5.42. The van der Waals surface area contributed by atoms with E-state index in [1.54, 1.807) is 6.08 Å². The minimum Gasteiger partial charge on any atom is -0.478 e. The third-order valence-electron chi connectivity index (χ3n) is 2.11. The summed E-state index contributed by atoms with van der Waals surface area (Å²) in [7, 11) is 0. The van der Waals surface area contributed by atoms with Gasteiger partial charge in [-0.2, -0.15) is 0 Å². The largest absolute Gasteiger partial charge is 0.478 e. The topological polar surface area (TPSA) is 66.4 Å². The zero-order valence-electron chi connectivity index (χ0n) is 9.60. The highest BCUT2D eigenvalue weighted by Gasteiger charge is 2.04. The van der Waals surface area contributed by atoms with Gasteiger partial charge in [0, 0.05) is 17.4 Å². The Morgan fingerprint density at radius 1 is 1.53 bits per heavy atom. The lowest BCUT2D eigenvalue weighted by Crippen LogP contribution is -2.21. The molecule has 17 heavy (non-hydrogen) atoms. The Hall–Kier alpha value is -1.62. The summed E-state index contributed by atoms with van der Waals surface area (Å²) >= 11 is 1.50. The second kappa shape index (κ2) is 6.85. The maximum atomic E-state index is 11.3.